The van der Waals surface area contributed by atoms with Crippen molar-refractivity contribution in [3.8, 4) is 11.5 Å². The highest BCUT2D eigenvalue weighted by atomic mass is 16.5. The second kappa shape index (κ2) is 7.02. The van der Waals surface area contributed by atoms with Crippen LogP contribution in [0.4, 0.5) is 0 Å². The van der Waals surface area contributed by atoms with E-state index in [9.17, 15) is 5.11 Å². The van der Waals surface area contributed by atoms with Gasteiger partial charge in [0.2, 0.25) is 0 Å². The summed E-state index contributed by atoms with van der Waals surface area (Å²) in [4.78, 5) is 2.46. The van der Waals surface area contributed by atoms with Crippen LogP contribution in [0.25, 0.3) is 0 Å². The highest BCUT2D eigenvalue weighted by Crippen LogP contribution is 2.32. The number of rotatable bonds is 7. The highest BCUT2D eigenvalue weighted by Gasteiger charge is 2.29. The van der Waals surface area contributed by atoms with Crippen LogP contribution in [0.5, 0.6) is 11.5 Å². The van der Waals surface area contributed by atoms with E-state index in [-0.39, 0.29) is 12.4 Å². The van der Waals surface area contributed by atoms with Gasteiger partial charge in [-0.1, -0.05) is 30.3 Å². The van der Waals surface area contributed by atoms with Crippen molar-refractivity contribution in [1.82, 2.24) is 4.90 Å². The molecule has 2 aromatic carbocycles. The number of ether oxygens (including phenoxy) is 1. The SMILES string of the molecule is COc1cc(CN(Cc2ccc(CO)cc2)C2CC2)ccc1O. The summed E-state index contributed by atoms with van der Waals surface area (Å²) in [5, 5.41) is 18.8. The molecule has 2 aromatic rings. The summed E-state index contributed by atoms with van der Waals surface area (Å²) in [6, 6.07) is 14.3. The predicted octanol–water partition coefficient (Wildman–Crippen LogP) is 3.06. The van der Waals surface area contributed by atoms with Gasteiger partial charge in [0, 0.05) is 19.1 Å². The van der Waals surface area contributed by atoms with Gasteiger partial charge < -0.3 is 14.9 Å². The number of aliphatic hydroxyl groups excluding tert-OH is 1. The molecule has 1 saturated carbocycles. The van der Waals surface area contributed by atoms with Crippen molar-refractivity contribution >= 4 is 0 Å². The lowest BCUT2D eigenvalue weighted by Gasteiger charge is -2.22. The van der Waals surface area contributed by atoms with E-state index in [2.05, 4.69) is 17.0 Å². The summed E-state index contributed by atoms with van der Waals surface area (Å²) in [6.45, 7) is 1.81. The van der Waals surface area contributed by atoms with E-state index in [1.807, 2.05) is 24.3 Å². The van der Waals surface area contributed by atoms with Gasteiger partial charge in [0.15, 0.2) is 11.5 Å². The maximum absolute atomic E-state index is 9.72. The lowest BCUT2D eigenvalue weighted by molar-refractivity contribution is 0.245. The van der Waals surface area contributed by atoms with Crippen LogP contribution in [0.2, 0.25) is 0 Å². The molecule has 0 amide bonds. The summed E-state index contributed by atoms with van der Waals surface area (Å²) in [7, 11) is 1.57. The number of aromatic hydroxyl groups is 1. The summed E-state index contributed by atoms with van der Waals surface area (Å²) >= 11 is 0. The van der Waals surface area contributed by atoms with Crippen molar-refractivity contribution in [3.63, 3.8) is 0 Å². The third-order valence-corrected chi connectivity index (χ3v) is 4.28. The molecule has 0 aromatic heterocycles. The monoisotopic (exact) mass is 313 g/mol. The second-order valence-corrected chi connectivity index (χ2v) is 6.12. The number of hydrogen-bond acceptors (Lipinski definition) is 4. The fraction of sp³-hybridized carbons (Fsp3) is 0.368. The predicted molar refractivity (Wildman–Crippen MR) is 89.3 cm³/mol. The first-order valence-electron chi connectivity index (χ1n) is 7.98. The normalized spacial score (nSPS) is 14.2. The van der Waals surface area contributed by atoms with E-state index >= 15 is 0 Å². The van der Waals surface area contributed by atoms with E-state index < -0.39 is 0 Å². The molecule has 4 heteroatoms. The molecule has 0 aliphatic heterocycles. The van der Waals surface area contributed by atoms with Gasteiger partial charge in [-0.2, -0.15) is 0 Å². The van der Waals surface area contributed by atoms with Crippen LogP contribution in [0.1, 0.15) is 29.5 Å². The van der Waals surface area contributed by atoms with Crippen LogP contribution in [0, 0.1) is 0 Å². The zero-order chi connectivity index (χ0) is 16.2. The third-order valence-electron chi connectivity index (χ3n) is 4.28. The number of methoxy groups -OCH3 is 1. The van der Waals surface area contributed by atoms with Crippen LogP contribution >= 0.6 is 0 Å². The Kier molecular flexibility index (Phi) is 4.84. The summed E-state index contributed by atoms with van der Waals surface area (Å²) < 4.78 is 5.19. The van der Waals surface area contributed by atoms with Crippen LogP contribution in [0.15, 0.2) is 42.5 Å². The average Bonchev–Trinajstić information content (AvgIpc) is 3.41. The van der Waals surface area contributed by atoms with E-state index in [4.69, 9.17) is 9.84 Å². The average molecular weight is 313 g/mol. The Morgan fingerprint density at radius 2 is 1.61 bits per heavy atom. The van der Waals surface area contributed by atoms with Crippen LogP contribution in [-0.4, -0.2) is 28.3 Å². The van der Waals surface area contributed by atoms with Crippen molar-refractivity contribution in [2.45, 2.75) is 38.6 Å². The minimum atomic E-state index is 0.0833. The van der Waals surface area contributed by atoms with Crippen molar-refractivity contribution in [1.29, 1.82) is 0 Å². The number of benzene rings is 2. The molecule has 1 aliphatic rings. The molecule has 0 radical (unpaired) electrons. The van der Waals surface area contributed by atoms with E-state index in [0.717, 1.165) is 24.2 Å². The molecule has 0 bridgehead atoms. The van der Waals surface area contributed by atoms with Gasteiger partial charge in [0.1, 0.15) is 0 Å². The zero-order valence-electron chi connectivity index (χ0n) is 13.4. The number of phenolic OH excluding ortho intramolecular Hbond substituents is 1. The standard InChI is InChI=1S/C19H23NO3/c1-23-19-10-16(6-9-18(19)22)12-20(17-7-8-17)11-14-2-4-15(13-21)5-3-14/h2-6,9-10,17,21-22H,7-8,11-13H2,1H3. The molecular formula is C19H23NO3. The van der Waals surface area contributed by atoms with Crippen molar-refractivity contribution in [2.24, 2.45) is 0 Å². The number of hydrogen-bond donors (Lipinski definition) is 2. The Bertz CT molecular complexity index is 650. The largest absolute Gasteiger partial charge is 0.504 e. The van der Waals surface area contributed by atoms with Crippen molar-refractivity contribution in [2.75, 3.05) is 7.11 Å². The molecule has 0 heterocycles. The Hall–Kier alpha value is -2.04. The lowest BCUT2D eigenvalue weighted by atomic mass is 10.1. The summed E-state index contributed by atoms with van der Waals surface area (Å²) in [5.74, 6) is 0.694. The molecule has 23 heavy (non-hydrogen) atoms. The third kappa shape index (κ3) is 4.03. The van der Waals surface area contributed by atoms with Gasteiger partial charge in [-0.25, -0.2) is 0 Å². The van der Waals surface area contributed by atoms with Gasteiger partial charge in [-0.3, -0.25) is 4.90 Å². The first-order valence-corrected chi connectivity index (χ1v) is 7.98. The number of nitrogens with zero attached hydrogens (tertiary/aromatic N) is 1. The number of phenols is 1. The van der Waals surface area contributed by atoms with E-state index in [0.29, 0.717) is 11.8 Å². The molecule has 2 N–H and O–H groups in total. The zero-order valence-corrected chi connectivity index (χ0v) is 13.4. The van der Waals surface area contributed by atoms with E-state index in [1.165, 1.54) is 18.4 Å². The van der Waals surface area contributed by atoms with Crippen LogP contribution < -0.4 is 4.74 Å². The molecule has 0 unspecified atom stereocenters. The topological polar surface area (TPSA) is 52.9 Å². The Labute approximate surface area is 136 Å². The van der Waals surface area contributed by atoms with Gasteiger partial charge in [-0.05, 0) is 41.7 Å². The Morgan fingerprint density at radius 1 is 1.00 bits per heavy atom. The summed E-state index contributed by atoms with van der Waals surface area (Å²) in [6.07, 6.45) is 2.48. The molecule has 0 saturated heterocycles. The minimum Gasteiger partial charge on any atom is -0.504 e. The molecular weight excluding hydrogens is 290 g/mol. The molecule has 0 spiro atoms. The Balaban J connectivity index is 1.71. The van der Waals surface area contributed by atoms with Crippen LogP contribution in [0.3, 0.4) is 0 Å². The Morgan fingerprint density at radius 3 is 2.22 bits per heavy atom. The van der Waals surface area contributed by atoms with Gasteiger partial charge >= 0.3 is 0 Å². The van der Waals surface area contributed by atoms with E-state index in [1.54, 1.807) is 13.2 Å². The summed E-state index contributed by atoms with van der Waals surface area (Å²) in [5.41, 5.74) is 3.33. The molecule has 1 fully saturated rings. The second-order valence-electron chi connectivity index (χ2n) is 6.12. The van der Waals surface area contributed by atoms with Crippen molar-refractivity contribution < 1.29 is 14.9 Å². The smallest absolute Gasteiger partial charge is 0.160 e. The lowest BCUT2D eigenvalue weighted by Crippen LogP contribution is -2.25. The van der Waals surface area contributed by atoms with Gasteiger partial charge in [-0.15, -0.1) is 0 Å². The van der Waals surface area contributed by atoms with Crippen molar-refractivity contribution in [3.05, 3.63) is 59.2 Å². The molecule has 1 aliphatic carbocycles. The van der Waals surface area contributed by atoms with Crippen LogP contribution in [-0.2, 0) is 19.7 Å². The molecule has 3 rings (SSSR count). The fourth-order valence-electron chi connectivity index (χ4n) is 2.79. The van der Waals surface area contributed by atoms with Gasteiger partial charge in [0.25, 0.3) is 0 Å². The highest BCUT2D eigenvalue weighted by molar-refractivity contribution is 5.41. The molecule has 122 valence electrons. The minimum absolute atomic E-state index is 0.0833. The van der Waals surface area contributed by atoms with Gasteiger partial charge in [0.05, 0.1) is 13.7 Å². The number of aliphatic hydroxyl groups is 1. The quantitative estimate of drug-likeness (QED) is 0.825. The molecule has 4 nitrogen and oxygen atoms in total. The maximum atomic E-state index is 9.72. The fourth-order valence-corrected chi connectivity index (χ4v) is 2.79. The first-order chi connectivity index (χ1) is 11.2. The first kappa shape index (κ1) is 15.8. The molecule has 0 atom stereocenters. The maximum Gasteiger partial charge on any atom is 0.160 e.